The largest absolute Gasteiger partial charge is 0.393 e. The van der Waals surface area contributed by atoms with Crippen molar-refractivity contribution in [3.8, 4) is 0 Å². The molecule has 0 radical (unpaired) electrons. The lowest BCUT2D eigenvalue weighted by Gasteiger charge is -2.38. The predicted molar refractivity (Wildman–Crippen MR) is 81.4 cm³/mol. The normalized spacial score (nSPS) is 28.0. The molecule has 0 aliphatic carbocycles. The zero-order valence-corrected chi connectivity index (χ0v) is 12.7. The summed E-state index contributed by atoms with van der Waals surface area (Å²) in [7, 11) is 1.87. The minimum atomic E-state index is -0.160. The Morgan fingerprint density at radius 3 is 2.67 bits per heavy atom. The van der Waals surface area contributed by atoms with Gasteiger partial charge in [0.05, 0.1) is 6.10 Å². The number of aromatic nitrogens is 2. The van der Waals surface area contributed by atoms with Gasteiger partial charge in [-0.1, -0.05) is 0 Å². The summed E-state index contributed by atoms with van der Waals surface area (Å²) in [6.45, 7) is 3.06. The number of anilines is 2. The van der Waals surface area contributed by atoms with Crippen molar-refractivity contribution in [2.75, 3.05) is 23.9 Å². The van der Waals surface area contributed by atoms with Crippen molar-refractivity contribution in [3.63, 3.8) is 0 Å². The SMILES string of the molecule is CCOCc1nc(NC)cc(N2C3CCC2CC(O)C3)n1. The highest BCUT2D eigenvalue weighted by Gasteiger charge is 2.41. The average molecular weight is 292 g/mol. The molecule has 2 unspecified atom stereocenters. The first-order valence-corrected chi connectivity index (χ1v) is 7.81. The van der Waals surface area contributed by atoms with Crippen LogP contribution in [-0.2, 0) is 11.3 Å². The highest BCUT2D eigenvalue weighted by atomic mass is 16.5. The molecule has 116 valence electrons. The second-order valence-electron chi connectivity index (χ2n) is 5.83. The van der Waals surface area contributed by atoms with Crippen molar-refractivity contribution in [1.82, 2.24) is 9.97 Å². The fraction of sp³-hybridized carbons (Fsp3) is 0.733. The van der Waals surface area contributed by atoms with E-state index in [0.717, 1.165) is 37.3 Å². The average Bonchev–Trinajstić information content (AvgIpc) is 2.76. The Morgan fingerprint density at radius 2 is 2.05 bits per heavy atom. The van der Waals surface area contributed by atoms with Gasteiger partial charge in [-0.2, -0.15) is 0 Å². The molecule has 2 aliphatic rings. The standard InChI is InChI=1S/C15H24N4O2/c1-3-21-9-14-17-13(16-2)8-15(18-14)19-10-4-5-11(19)7-12(20)6-10/h8,10-12,20H,3-7,9H2,1-2H3,(H,16,17,18). The fourth-order valence-electron chi connectivity index (χ4n) is 3.52. The topological polar surface area (TPSA) is 70.5 Å². The summed E-state index contributed by atoms with van der Waals surface area (Å²) in [5, 5.41) is 13.0. The van der Waals surface area contributed by atoms with Crippen LogP contribution in [0.15, 0.2) is 6.07 Å². The van der Waals surface area contributed by atoms with Crippen LogP contribution >= 0.6 is 0 Å². The number of piperidine rings is 1. The van der Waals surface area contributed by atoms with Crippen LogP contribution in [0.3, 0.4) is 0 Å². The lowest BCUT2D eigenvalue weighted by Crippen LogP contribution is -2.45. The molecule has 0 aromatic carbocycles. The second kappa shape index (κ2) is 6.15. The van der Waals surface area contributed by atoms with E-state index in [1.165, 1.54) is 0 Å². The molecular weight excluding hydrogens is 268 g/mol. The third kappa shape index (κ3) is 2.96. The lowest BCUT2D eigenvalue weighted by atomic mass is 10.00. The van der Waals surface area contributed by atoms with Crippen molar-refractivity contribution < 1.29 is 9.84 Å². The Bertz CT molecular complexity index is 483. The molecule has 3 heterocycles. The molecule has 6 nitrogen and oxygen atoms in total. The Morgan fingerprint density at radius 1 is 1.33 bits per heavy atom. The van der Waals surface area contributed by atoms with Gasteiger partial charge in [-0.3, -0.25) is 0 Å². The number of ether oxygens (including phenoxy) is 1. The summed E-state index contributed by atoms with van der Waals surface area (Å²) in [5.41, 5.74) is 0. The van der Waals surface area contributed by atoms with E-state index in [-0.39, 0.29) is 6.10 Å². The maximum Gasteiger partial charge on any atom is 0.158 e. The van der Waals surface area contributed by atoms with Crippen LogP contribution in [0, 0.1) is 0 Å². The number of nitrogens with zero attached hydrogens (tertiary/aromatic N) is 3. The Kier molecular flexibility index (Phi) is 4.26. The van der Waals surface area contributed by atoms with Gasteiger partial charge < -0.3 is 20.1 Å². The van der Waals surface area contributed by atoms with Gasteiger partial charge in [-0.25, -0.2) is 9.97 Å². The number of fused-ring (bicyclic) bond motifs is 2. The molecule has 2 aliphatic heterocycles. The first-order chi connectivity index (χ1) is 10.2. The Labute approximate surface area is 125 Å². The molecule has 0 amide bonds. The summed E-state index contributed by atoms with van der Waals surface area (Å²) in [5.74, 6) is 2.49. The number of hydrogen-bond acceptors (Lipinski definition) is 6. The zero-order chi connectivity index (χ0) is 14.8. The van der Waals surface area contributed by atoms with Crippen molar-refractivity contribution in [1.29, 1.82) is 0 Å². The van der Waals surface area contributed by atoms with Gasteiger partial charge in [0.2, 0.25) is 0 Å². The van der Waals surface area contributed by atoms with Crippen LogP contribution in [-0.4, -0.2) is 46.9 Å². The van der Waals surface area contributed by atoms with E-state index in [1.807, 2.05) is 20.0 Å². The van der Waals surface area contributed by atoms with Gasteiger partial charge in [0, 0.05) is 31.8 Å². The predicted octanol–water partition coefficient (Wildman–Crippen LogP) is 1.55. The molecule has 0 saturated carbocycles. The van der Waals surface area contributed by atoms with Crippen molar-refractivity contribution in [2.24, 2.45) is 0 Å². The van der Waals surface area contributed by atoms with Crippen LogP contribution < -0.4 is 10.2 Å². The smallest absolute Gasteiger partial charge is 0.158 e. The molecule has 1 aromatic rings. The molecule has 2 saturated heterocycles. The van der Waals surface area contributed by atoms with Gasteiger partial charge >= 0.3 is 0 Å². The van der Waals surface area contributed by atoms with E-state index in [9.17, 15) is 5.11 Å². The highest BCUT2D eigenvalue weighted by Crippen LogP contribution is 2.39. The molecule has 6 heteroatoms. The maximum absolute atomic E-state index is 9.93. The number of aliphatic hydroxyl groups is 1. The van der Waals surface area contributed by atoms with E-state index < -0.39 is 0 Å². The van der Waals surface area contributed by atoms with Crippen LogP contribution in [0.25, 0.3) is 0 Å². The Hall–Kier alpha value is -1.40. The molecule has 0 spiro atoms. The van der Waals surface area contributed by atoms with E-state index in [0.29, 0.717) is 31.1 Å². The number of hydrogen-bond donors (Lipinski definition) is 2. The molecule has 2 fully saturated rings. The van der Waals surface area contributed by atoms with Gasteiger partial charge in [-0.05, 0) is 32.6 Å². The first kappa shape index (κ1) is 14.5. The molecule has 2 bridgehead atoms. The lowest BCUT2D eigenvalue weighted by molar-refractivity contribution is 0.124. The second-order valence-corrected chi connectivity index (χ2v) is 5.83. The number of rotatable bonds is 5. The van der Waals surface area contributed by atoms with Crippen molar-refractivity contribution in [2.45, 2.75) is 57.4 Å². The van der Waals surface area contributed by atoms with E-state index in [1.54, 1.807) is 0 Å². The molecule has 2 atom stereocenters. The molecular formula is C15H24N4O2. The number of nitrogens with one attached hydrogen (secondary N) is 1. The Balaban J connectivity index is 1.87. The van der Waals surface area contributed by atoms with Gasteiger partial charge in [0.15, 0.2) is 5.82 Å². The summed E-state index contributed by atoms with van der Waals surface area (Å²) in [6.07, 6.45) is 3.81. The third-order valence-electron chi connectivity index (χ3n) is 4.42. The quantitative estimate of drug-likeness (QED) is 0.858. The van der Waals surface area contributed by atoms with Gasteiger partial charge in [0.25, 0.3) is 0 Å². The monoisotopic (exact) mass is 292 g/mol. The minimum Gasteiger partial charge on any atom is -0.393 e. The van der Waals surface area contributed by atoms with Crippen molar-refractivity contribution in [3.05, 3.63) is 11.9 Å². The number of aliphatic hydroxyl groups excluding tert-OH is 1. The van der Waals surface area contributed by atoms with E-state index >= 15 is 0 Å². The minimum absolute atomic E-state index is 0.160. The summed E-state index contributed by atoms with van der Waals surface area (Å²) in [4.78, 5) is 11.5. The maximum atomic E-state index is 9.93. The molecule has 1 aromatic heterocycles. The van der Waals surface area contributed by atoms with Crippen molar-refractivity contribution >= 4 is 11.6 Å². The molecule has 2 N–H and O–H groups in total. The van der Waals surface area contributed by atoms with Crippen LogP contribution in [0.1, 0.15) is 38.4 Å². The van der Waals surface area contributed by atoms with Gasteiger partial charge in [-0.15, -0.1) is 0 Å². The van der Waals surface area contributed by atoms with E-state index in [4.69, 9.17) is 4.74 Å². The molecule has 21 heavy (non-hydrogen) atoms. The van der Waals surface area contributed by atoms with E-state index in [2.05, 4.69) is 20.2 Å². The molecule has 3 rings (SSSR count). The van der Waals surface area contributed by atoms with Gasteiger partial charge in [0.1, 0.15) is 18.2 Å². The summed E-state index contributed by atoms with van der Waals surface area (Å²) < 4.78 is 5.44. The van der Waals surface area contributed by atoms with Crippen LogP contribution in [0.4, 0.5) is 11.6 Å². The fourth-order valence-corrected chi connectivity index (χ4v) is 3.52. The van der Waals surface area contributed by atoms with Crippen LogP contribution in [0.2, 0.25) is 0 Å². The summed E-state index contributed by atoms with van der Waals surface area (Å²) in [6, 6.07) is 2.80. The van der Waals surface area contributed by atoms with Crippen LogP contribution in [0.5, 0.6) is 0 Å². The first-order valence-electron chi connectivity index (χ1n) is 7.81. The third-order valence-corrected chi connectivity index (χ3v) is 4.42. The highest BCUT2D eigenvalue weighted by molar-refractivity contribution is 5.52. The summed E-state index contributed by atoms with van der Waals surface area (Å²) >= 11 is 0. The zero-order valence-electron chi connectivity index (χ0n) is 12.7.